The Labute approximate surface area is 164 Å². The average Bonchev–Trinajstić information content (AvgIpc) is 2.67. The van der Waals surface area contributed by atoms with Gasteiger partial charge >= 0.3 is 5.97 Å². The van der Waals surface area contributed by atoms with E-state index in [2.05, 4.69) is 5.32 Å². The summed E-state index contributed by atoms with van der Waals surface area (Å²) < 4.78 is 23.9. The van der Waals surface area contributed by atoms with Crippen molar-refractivity contribution in [3.63, 3.8) is 0 Å². The fraction of sp³-hybridized carbons (Fsp3) is 0.105. The van der Waals surface area contributed by atoms with E-state index >= 15 is 0 Å². The second-order valence-electron chi connectivity index (χ2n) is 5.55. The third kappa shape index (κ3) is 5.36. The molecular formula is C19H14FN3O6. The topological polar surface area (TPSA) is 132 Å². The van der Waals surface area contributed by atoms with E-state index in [1.54, 1.807) is 6.07 Å². The van der Waals surface area contributed by atoms with Crippen molar-refractivity contribution in [2.45, 2.75) is 6.92 Å². The Balaban J connectivity index is 2.31. The van der Waals surface area contributed by atoms with Gasteiger partial charge in [-0.05, 0) is 29.8 Å². The molecule has 0 heterocycles. The maximum Gasteiger partial charge on any atom is 0.308 e. The molecule has 0 aromatic heterocycles. The molecule has 148 valence electrons. The fourth-order valence-corrected chi connectivity index (χ4v) is 2.24. The highest BCUT2D eigenvalue weighted by Crippen LogP contribution is 2.29. The molecule has 0 spiro atoms. The molecule has 2 aromatic rings. The second kappa shape index (κ2) is 9.09. The monoisotopic (exact) mass is 399 g/mol. The third-order valence-corrected chi connectivity index (χ3v) is 3.53. The van der Waals surface area contributed by atoms with Crippen LogP contribution in [0.15, 0.2) is 42.0 Å². The lowest BCUT2D eigenvalue weighted by Gasteiger charge is -2.09. The molecule has 29 heavy (non-hydrogen) atoms. The van der Waals surface area contributed by atoms with Crippen LogP contribution in [0.1, 0.15) is 12.5 Å². The second-order valence-corrected chi connectivity index (χ2v) is 5.55. The van der Waals surface area contributed by atoms with Crippen molar-refractivity contribution in [1.29, 1.82) is 5.26 Å². The summed E-state index contributed by atoms with van der Waals surface area (Å²) in [5.41, 5.74) is -0.884. The molecule has 0 bridgehead atoms. The van der Waals surface area contributed by atoms with Crippen molar-refractivity contribution >= 4 is 29.3 Å². The largest absolute Gasteiger partial charge is 0.493 e. The van der Waals surface area contributed by atoms with Crippen molar-refractivity contribution in [3.8, 4) is 17.6 Å². The number of anilines is 1. The minimum absolute atomic E-state index is 0.152. The van der Waals surface area contributed by atoms with Gasteiger partial charge in [0.05, 0.1) is 17.7 Å². The molecule has 0 fully saturated rings. The van der Waals surface area contributed by atoms with Crippen LogP contribution in [0.5, 0.6) is 11.5 Å². The first kappa shape index (κ1) is 21.0. The van der Waals surface area contributed by atoms with Crippen LogP contribution >= 0.6 is 0 Å². The number of nitriles is 1. The van der Waals surface area contributed by atoms with Gasteiger partial charge in [-0.25, -0.2) is 4.39 Å². The molecule has 0 aliphatic carbocycles. The van der Waals surface area contributed by atoms with Crippen LogP contribution < -0.4 is 14.8 Å². The number of rotatable bonds is 6. The number of nitro benzene ring substituents is 1. The van der Waals surface area contributed by atoms with E-state index in [1.165, 1.54) is 38.3 Å². The zero-order chi connectivity index (χ0) is 21.6. The van der Waals surface area contributed by atoms with Gasteiger partial charge < -0.3 is 14.8 Å². The molecule has 0 atom stereocenters. The van der Waals surface area contributed by atoms with Crippen LogP contribution in [-0.4, -0.2) is 23.9 Å². The number of nitrogens with one attached hydrogen (secondary N) is 1. The number of esters is 1. The number of nitrogens with zero attached hydrogens (tertiary/aromatic N) is 2. The molecular weight excluding hydrogens is 385 g/mol. The molecule has 2 aromatic carbocycles. The molecule has 9 nitrogen and oxygen atoms in total. The normalized spacial score (nSPS) is 10.6. The Kier molecular flexibility index (Phi) is 6.60. The Bertz CT molecular complexity index is 1060. The van der Waals surface area contributed by atoms with Crippen molar-refractivity contribution in [1.82, 2.24) is 0 Å². The van der Waals surface area contributed by atoms with E-state index in [4.69, 9.17) is 9.47 Å². The number of amides is 1. The molecule has 1 amide bonds. The Morgan fingerprint density at radius 1 is 1.24 bits per heavy atom. The van der Waals surface area contributed by atoms with Crippen LogP contribution in [0, 0.1) is 27.3 Å². The first-order chi connectivity index (χ1) is 13.7. The number of methoxy groups -OCH3 is 1. The number of carbonyl (C=O) groups excluding carboxylic acids is 2. The van der Waals surface area contributed by atoms with Gasteiger partial charge in [-0.15, -0.1) is 0 Å². The number of carbonyl (C=O) groups is 2. The van der Waals surface area contributed by atoms with Gasteiger partial charge in [0, 0.05) is 19.1 Å². The highest BCUT2D eigenvalue weighted by molar-refractivity contribution is 6.09. The predicted octanol–water partition coefficient (Wildman–Crippen LogP) is 3.21. The number of non-ortho nitro benzene ring substituents is 1. The van der Waals surface area contributed by atoms with Crippen LogP contribution in [0.3, 0.4) is 0 Å². The smallest absolute Gasteiger partial charge is 0.308 e. The van der Waals surface area contributed by atoms with E-state index in [1.807, 2.05) is 0 Å². The fourth-order valence-electron chi connectivity index (χ4n) is 2.24. The predicted molar refractivity (Wildman–Crippen MR) is 99.6 cm³/mol. The Morgan fingerprint density at radius 2 is 1.97 bits per heavy atom. The molecule has 0 radical (unpaired) electrons. The number of benzene rings is 2. The Hall–Kier alpha value is -4.26. The molecule has 10 heteroatoms. The summed E-state index contributed by atoms with van der Waals surface area (Å²) in [6.07, 6.45) is 1.20. The highest BCUT2D eigenvalue weighted by Gasteiger charge is 2.16. The summed E-state index contributed by atoms with van der Waals surface area (Å²) in [6, 6.07) is 8.62. The third-order valence-electron chi connectivity index (χ3n) is 3.53. The molecule has 0 saturated carbocycles. The maximum absolute atomic E-state index is 13.8. The summed E-state index contributed by atoms with van der Waals surface area (Å²) in [6.45, 7) is 1.22. The van der Waals surface area contributed by atoms with Crippen LogP contribution in [0.4, 0.5) is 15.8 Å². The van der Waals surface area contributed by atoms with E-state index < -0.39 is 39.6 Å². The minimum Gasteiger partial charge on any atom is -0.493 e. The van der Waals surface area contributed by atoms with E-state index in [0.717, 1.165) is 18.2 Å². The Morgan fingerprint density at radius 3 is 2.55 bits per heavy atom. The van der Waals surface area contributed by atoms with Gasteiger partial charge in [0.1, 0.15) is 17.5 Å². The molecule has 0 aliphatic rings. The summed E-state index contributed by atoms with van der Waals surface area (Å²) >= 11 is 0. The molecule has 1 N–H and O–H groups in total. The first-order valence-corrected chi connectivity index (χ1v) is 7.98. The van der Waals surface area contributed by atoms with Crippen LogP contribution in [0.25, 0.3) is 6.08 Å². The van der Waals surface area contributed by atoms with Crippen molar-refractivity contribution in [2.75, 3.05) is 12.4 Å². The maximum atomic E-state index is 13.8. The van der Waals surface area contributed by atoms with Gasteiger partial charge in [0.15, 0.2) is 11.5 Å². The lowest BCUT2D eigenvalue weighted by Crippen LogP contribution is -2.14. The summed E-state index contributed by atoms with van der Waals surface area (Å²) in [5, 5.41) is 22.2. The highest BCUT2D eigenvalue weighted by atomic mass is 19.1. The number of hydrogen-bond acceptors (Lipinski definition) is 7. The first-order valence-electron chi connectivity index (χ1n) is 7.98. The van der Waals surface area contributed by atoms with Crippen molar-refractivity contribution in [2.24, 2.45) is 0 Å². The number of hydrogen-bond donors (Lipinski definition) is 1. The summed E-state index contributed by atoms with van der Waals surface area (Å²) in [4.78, 5) is 33.5. The zero-order valence-corrected chi connectivity index (χ0v) is 15.3. The zero-order valence-electron chi connectivity index (χ0n) is 15.3. The van der Waals surface area contributed by atoms with E-state index in [9.17, 15) is 29.4 Å². The molecule has 0 saturated heterocycles. The molecule has 2 rings (SSSR count). The van der Waals surface area contributed by atoms with Gasteiger partial charge in [0.2, 0.25) is 0 Å². The number of ether oxygens (including phenoxy) is 2. The van der Waals surface area contributed by atoms with Crippen molar-refractivity contribution in [3.05, 3.63) is 63.5 Å². The number of halogens is 1. The van der Waals surface area contributed by atoms with Crippen molar-refractivity contribution < 1.29 is 28.4 Å². The SMILES string of the molecule is COc1cc(C=C(C#N)C(=O)Nc2cc([N+](=O)[O-])ccc2F)ccc1OC(C)=O. The summed E-state index contributed by atoms with van der Waals surface area (Å²) in [5.74, 6) is -2.07. The van der Waals surface area contributed by atoms with Crippen LogP contribution in [0.2, 0.25) is 0 Å². The minimum atomic E-state index is -0.963. The lowest BCUT2D eigenvalue weighted by atomic mass is 10.1. The van der Waals surface area contributed by atoms with Gasteiger partial charge in [0.25, 0.3) is 11.6 Å². The standard InChI is InChI=1S/C19H14FN3O6/c1-11(24)29-17-6-3-12(8-18(17)28-2)7-13(10-21)19(25)22-16-9-14(23(26)27)4-5-15(16)20/h3-9H,1-2H3,(H,22,25). The van der Waals surface area contributed by atoms with Gasteiger partial charge in [-0.1, -0.05) is 6.07 Å². The lowest BCUT2D eigenvalue weighted by molar-refractivity contribution is -0.384. The van der Waals surface area contributed by atoms with Crippen LogP contribution in [-0.2, 0) is 9.59 Å². The quantitative estimate of drug-likeness (QED) is 0.197. The molecule has 0 unspecified atom stereocenters. The summed E-state index contributed by atoms with van der Waals surface area (Å²) in [7, 11) is 1.35. The average molecular weight is 399 g/mol. The van der Waals surface area contributed by atoms with Gasteiger partial charge in [-0.2, -0.15) is 5.26 Å². The van der Waals surface area contributed by atoms with E-state index in [-0.39, 0.29) is 11.5 Å². The van der Waals surface area contributed by atoms with Gasteiger partial charge in [-0.3, -0.25) is 19.7 Å². The van der Waals surface area contributed by atoms with E-state index in [0.29, 0.717) is 5.56 Å². The number of nitro groups is 1. The molecule has 0 aliphatic heterocycles.